The van der Waals surface area contributed by atoms with E-state index in [2.05, 4.69) is 28.9 Å². The minimum Gasteiger partial charge on any atom is -0.345 e. The van der Waals surface area contributed by atoms with Gasteiger partial charge in [-0.15, -0.1) is 5.10 Å². The van der Waals surface area contributed by atoms with E-state index >= 15 is 0 Å². The second kappa shape index (κ2) is 7.93. The van der Waals surface area contributed by atoms with Crippen molar-refractivity contribution >= 4 is 45.7 Å². The molecule has 4 heterocycles. The number of hydrogen-bond acceptors (Lipinski definition) is 4. The fraction of sp³-hybridized carbons (Fsp3) is 0.348. The quantitative estimate of drug-likeness (QED) is 0.514. The van der Waals surface area contributed by atoms with Crippen molar-refractivity contribution in [2.45, 2.75) is 27.3 Å². The number of quaternary nitrogens is 1. The van der Waals surface area contributed by atoms with Crippen molar-refractivity contribution in [3.8, 4) is 0 Å². The number of halogens is 2. The molecule has 160 valence electrons. The summed E-state index contributed by atoms with van der Waals surface area (Å²) in [6.45, 7) is 11.0. The van der Waals surface area contributed by atoms with Crippen LogP contribution in [0.25, 0.3) is 16.7 Å². The molecule has 1 aliphatic rings. The highest BCUT2D eigenvalue weighted by Gasteiger charge is 2.24. The Kier molecular flexibility index (Phi) is 5.24. The molecule has 0 aliphatic carbocycles. The van der Waals surface area contributed by atoms with Gasteiger partial charge in [0.2, 0.25) is 0 Å². The zero-order valence-corrected chi connectivity index (χ0v) is 19.4. The molecule has 0 unspecified atom stereocenters. The Morgan fingerprint density at radius 2 is 1.71 bits per heavy atom. The van der Waals surface area contributed by atoms with E-state index in [-0.39, 0.29) is 0 Å². The summed E-state index contributed by atoms with van der Waals surface area (Å²) >= 11 is 12.4. The maximum atomic E-state index is 6.39. The third-order valence-corrected chi connectivity index (χ3v) is 6.62. The van der Waals surface area contributed by atoms with Gasteiger partial charge in [-0.2, -0.15) is 4.52 Å². The minimum atomic E-state index is 0.678. The highest BCUT2D eigenvalue weighted by Crippen LogP contribution is 2.26. The first-order valence-corrected chi connectivity index (χ1v) is 11.3. The summed E-state index contributed by atoms with van der Waals surface area (Å²) in [4.78, 5) is 13.4. The average Bonchev–Trinajstić information content (AvgIpc) is 3.08. The van der Waals surface area contributed by atoms with Gasteiger partial charge in [-0.25, -0.2) is 9.97 Å². The standard InChI is InChI=1S/C23H24Cl2N6/c1-14-10-15(2)26-22-21(14)23-27-16(3)11-20(31(23)28-22)30-8-6-29(7-9-30)13-17-4-5-18(24)12-19(17)25/h4-5,10-12H,6-9,13H2,1-3H3/p+1. The van der Waals surface area contributed by atoms with E-state index < -0.39 is 0 Å². The van der Waals surface area contributed by atoms with Crippen LogP contribution in [0.3, 0.4) is 0 Å². The molecule has 3 aromatic heterocycles. The fourth-order valence-electron chi connectivity index (χ4n) is 4.51. The van der Waals surface area contributed by atoms with Crippen LogP contribution in [0.4, 0.5) is 5.82 Å². The van der Waals surface area contributed by atoms with Gasteiger partial charge < -0.3 is 9.80 Å². The predicted molar refractivity (Wildman–Crippen MR) is 126 cm³/mol. The van der Waals surface area contributed by atoms with Gasteiger partial charge in [0.1, 0.15) is 12.4 Å². The van der Waals surface area contributed by atoms with E-state index in [1.807, 2.05) is 36.6 Å². The number of aromatic nitrogens is 4. The summed E-state index contributed by atoms with van der Waals surface area (Å²) in [6.07, 6.45) is 0. The fourth-order valence-corrected chi connectivity index (χ4v) is 4.99. The number of aryl methyl sites for hydroxylation is 3. The molecule has 5 rings (SSSR count). The first kappa shape index (κ1) is 20.5. The summed E-state index contributed by atoms with van der Waals surface area (Å²) in [7, 11) is 0. The third kappa shape index (κ3) is 3.84. The lowest BCUT2D eigenvalue weighted by atomic mass is 10.2. The molecule has 0 radical (unpaired) electrons. The normalized spacial score (nSPS) is 15.3. The van der Waals surface area contributed by atoms with E-state index in [1.165, 1.54) is 4.90 Å². The Hall–Kier alpha value is -2.41. The van der Waals surface area contributed by atoms with E-state index in [0.29, 0.717) is 5.02 Å². The monoisotopic (exact) mass is 455 g/mol. The number of anilines is 1. The highest BCUT2D eigenvalue weighted by molar-refractivity contribution is 6.35. The molecule has 1 aliphatic heterocycles. The topological polar surface area (TPSA) is 50.8 Å². The lowest BCUT2D eigenvalue weighted by molar-refractivity contribution is -0.914. The maximum Gasteiger partial charge on any atom is 0.184 e. The number of piperazine rings is 1. The second-order valence-electron chi connectivity index (χ2n) is 8.42. The van der Waals surface area contributed by atoms with Crippen LogP contribution in [0.15, 0.2) is 30.3 Å². The molecule has 4 aromatic rings. The van der Waals surface area contributed by atoms with Gasteiger partial charge >= 0.3 is 0 Å². The summed E-state index contributed by atoms with van der Waals surface area (Å²) in [5, 5.41) is 7.29. The zero-order chi connectivity index (χ0) is 21.7. The number of benzene rings is 1. The van der Waals surface area contributed by atoms with Crippen molar-refractivity contribution in [3.05, 3.63) is 62.9 Å². The third-order valence-electron chi connectivity index (χ3n) is 6.03. The molecule has 0 bridgehead atoms. The highest BCUT2D eigenvalue weighted by atomic mass is 35.5. The molecule has 0 atom stereocenters. The second-order valence-corrected chi connectivity index (χ2v) is 9.26. The number of nitrogens with zero attached hydrogens (tertiary/aromatic N) is 5. The van der Waals surface area contributed by atoms with Crippen molar-refractivity contribution in [2.75, 3.05) is 31.1 Å². The molecule has 1 N–H and O–H groups in total. The van der Waals surface area contributed by atoms with Crippen LogP contribution < -0.4 is 9.80 Å². The molecular formula is C23H25Cl2N6+. The molecule has 1 saturated heterocycles. The van der Waals surface area contributed by atoms with Crippen LogP contribution in [0, 0.1) is 20.8 Å². The number of pyridine rings is 1. The predicted octanol–water partition coefficient (Wildman–Crippen LogP) is 3.41. The van der Waals surface area contributed by atoms with Crippen LogP contribution in [-0.2, 0) is 6.54 Å². The SMILES string of the molecule is Cc1cc(C)c2c(n1)nn1c(N3CC[NH+](Cc4ccc(Cl)cc4Cl)CC3)cc(C)nc21. The Morgan fingerprint density at radius 3 is 2.45 bits per heavy atom. The largest absolute Gasteiger partial charge is 0.345 e. The Labute approximate surface area is 191 Å². The van der Waals surface area contributed by atoms with Crippen LogP contribution in [0.1, 0.15) is 22.5 Å². The number of hydrogen-bond donors (Lipinski definition) is 1. The molecular weight excluding hydrogens is 431 g/mol. The minimum absolute atomic E-state index is 0.678. The van der Waals surface area contributed by atoms with Crippen molar-refractivity contribution in [1.82, 2.24) is 19.6 Å². The number of fused-ring (bicyclic) bond motifs is 3. The lowest BCUT2D eigenvalue weighted by Crippen LogP contribution is -3.13. The van der Waals surface area contributed by atoms with Crippen molar-refractivity contribution in [3.63, 3.8) is 0 Å². The molecule has 8 heteroatoms. The maximum absolute atomic E-state index is 6.39. The van der Waals surface area contributed by atoms with Crippen LogP contribution in [-0.4, -0.2) is 45.8 Å². The van der Waals surface area contributed by atoms with Gasteiger partial charge in [-0.1, -0.05) is 29.3 Å². The van der Waals surface area contributed by atoms with Crippen molar-refractivity contribution < 1.29 is 4.90 Å². The molecule has 0 spiro atoms. The average molecular weight is 456 g/mol. The van der Waals surface area contributed by atoms with Crippen LogP contribution >= 0.6 is 23.2 Å². The first-order chi connectivity index (χ1) is 14.9. The molecule has 0 amide bonds. The first-order valence-electron chi connectivity index (χ1n) is 10.6. The Morgan fingerprint density at radius 1 is 0.968 bits per heavy atom. The van der Waals surface area contributed by atoms with Gasteiger partial charge in [0.15, 0.2) is 11.3 Å². The summed E-state index contributed by atoms with van der Waals surface area (Å²) in [5.41, 5.74) is 5.93. The smallest absolute Gasteiger partial charge is 0.184 e. The van der Waals surface area contributed by atoms with Gasteiger partial charge in [0.25, 0.3) is 0 Å². The van der Waals surface area contributed by atoms with Gasteiger partial charge in [-0.05, 0) is 44.5 Å². The van der Waals surface area contributed by atoms with Crippen molar-refractivity contribution in [2.24, 2.45) is 0 Å². The summed E-state index contributed by atoms with van der Waals surface area (Å²) in [5.74, 6) is 1.08. The van der Waals surface area contributed by atoms with Gasteiger partial charge in [0, 0.05) is 28.0 Å². The van der Waals surface area contributed by atoms with Gasteiger partial charge in [0.05, 0.1) is 36.6 Å². The van der Waals surface area contributed by atoms with Crippen LogP contribution in [0.2, 0.25) is 10.0 Å². The zero-order valence-electron chi connectivity index (χ0n) is 17.9. The molecule has 1 aromatic carbocycles. The molecule has 0 saturated carbocycles. The number of rotatable bonds is 3. The van der Waals surface area contributed by atoms with E-state index in [4.69, 9.17) is 33.3 Å². The Balaban J connectivity index is 1.42. The molecule has 31 heavy (non-hydrogen) atoms. The van der Waals surface area contributed by atoms with Crippen molar-refractivity contribution in [1.29, 1.82) is 0 Å². The van der Waals surface area contributed by atoms with E-state index in [1.54, 1.807) is 0 Å². The summed E-state index contributed by atoms with van der Waals surface area (Å²) < 4.78 is 1.97. The van der Waals surface area contributed by atoms with Crippen LogP contribution in [0.5, 0.6) is 0 Å². The number of nitrogens with one attached hydrogen (secondary N) is 1. The van der Waals surface area contributed by atoms with E-state index in [0.717, 1.165) is 82.8 Å². The van der Waals surface area contributed by atoms with Gasteiger partial charge in [-0.3, -0.25) is 0 Å². The van der Waals surface area contributed by atoms with E-state index in [9.17, 15) is 0 Å². The summed E-state index contributed by atoms with van der Waals surface area (Å²) in [6, 6.07) is 9.99. The molecule has 6 nitrogen and oxygen atoms in total. The lowest BCUT2D eigenvalue weighted by Gasteiger charge is -2.33. The molecule has 1 fully saturated rings. The Bertz CT molecular complexity index is 1290.